The highest BCUT2D eigenvalue weighted by molar-refractivity contribution is 6.90. The number of benzene rings is 3. The minimum Gasteiger partial charge on any atom is -0.469 e. The first-order valence-electron chi connectivity index (χ1n) is 10.2. The van der Waals surface area contributed by atoms with E-state index in [1.165, 1.54) is 23.4 Å². The van der Waals surface area contributed by atoms with Crippen molar-refractivity contribution in [2.75, 3.05) is 7.11 Å². The Hall–Kier alpha value is -2.65. The molecular formula is C26H30O2Si. The second-order valence-corrected chi connectivity index (χ2v) is 12.9. The third-order valence-corrected chi connectivity index (χ3v) is 10.2. The fourth-order valence-electron chi connectivity index (χ4n) is 4.23. The third kappa shape index (κ3) is 5.24. The number of ether oxygens (including phenoxy) is 1. The van der Waals surface area contributed by atoms with Crippen LogP contribution in [0.5, 0.6) is 0 Å². The smallest absolute Gasteiger partial charge is 0.306 e. The normalized spacial score (nSPS) is 13.5. The lowest BCUT2D eigenvalue weighted by molar-refractivity contribution is -0.141. The van der Waals surface area contributed by atoms with Gasteiger partial charge in [0.2, 0.25) is 0 Å². The number of carbonyl (C=O) groups excluding carboxylic acids is 1. The highest BCUT2D eigenvalue weighted by atomic mass is 28.3. The zero-order chi connectivity index (χ0) is 20.7. The van der Waals surface area contributed by atoms with Gasteiger partial charge in [0.15, 0.2) is 0 Å². The van der Waals surface area contributed by atoms with E-state index in [1.54, 1.807) is 0 Å². The zero-order valence-electron chi connectivity index (χ0n) is 17.5. The summed E-state index contributed by atoms with van der Waals surface area (Å²) in [4.78, 5) is 12.2. The standard InChI is InChI=1S/C26H30O2Si/c1-28-26(27)20-23(21-13-7-4-8-14-21)19-25(22-15-9-5-10-16-22)29(2,3)24-17-11-6-12-18-24/h4-18,23,25H,19-20H2,1-3H3/t23-,25-/m1/s1. The van der Waals surface area contributed by atoms with Gasteiger partial charge in [-0.3, -0.25) is 4.79 Å². The third-order valence-electron chi connectivity index (χ3n) is 6.02. The van der Waals surface area contributed by atoms with Crippen molar-refractivity contribution in [3.8, 4) is 0 Å². The van der Waals surface area contributed by atoms with Crippen LogP contribution in [0.1, 0.15) is 35.4 Å². The van der Waals surface area contributed by atoms with Gasteiger partial charge in [0.05, 0.1) is 21.6 Å². The molecule has 0 aliphatic rings. The second kappa shape index (κ2) is 9.70. The SMILES string of the molecule is COC(=O)C[C@@H](C[C@H](c1ccccc1)[Si](C)(C)c1ccccc1)c1ccccc1. The van der Waals surface area contributed by atoms with Crippen molar-refractivity contribution >= 4 is 19.2 Å². The molecule has 0 fully saturated rings. The molecule has 0 spiro atoms. The van der Waals surface area contributed by atoms with Crippen LogP contribution in [-0.2, 0) is 9.53 Å². The number of rotatable bonds is 8. The van der Waals surface area contributed by atoms with Gasteiger partial charge in [-0.1, -0.05) is 109 Å². The summed E-state index contributed by atoms with van der Waals surface area (Å²) in [6.45, 7) is 4.89. The average molecular weight is 403 g/mol. The highest BCUT2D eigenvalue weighted by Gasteiger charge is 2.37. The fraction of sp³-hybridized carbons (Fsp3) is 0.269. The molecule has 150 valence electrons. The predicted molar refractivity (Wildman–Crippen MR) is 123 cm³/mol. The van der Waals surface area contributed by atoms with Gasteiger partial charge < -0.3 is 4.74 Å². The van der Waals surface area contributed by atoms with Gasteiger partial charge >= 0.3 is 5.97 Å². The van der Waals surface area contributed by atoms with Crippen LogP contribution in [0.15, 0.2) is 91.0 Å². The van der Waals surface area contributed by atoms with Crippen LogP contribution in [0.2, 0.25) is 13.1 Å². The second-order valence-electron chi connectivity index (χ2n) is 8.17. The lowest BCUT2D eigenvalue weighted by Crippen LogP contribution is -2.48. The first-order valence-corrected chi connectivity index (χ1v) is 13.3. The van der Waals surface area contributed by atoms with Crippen LogP contribution in [0.3, 0.4) is 0 Å². The summed E-state index contributed by atoms with van der Waals surface area (Å²) in [5, 5.41) is 1.44. The summed E-state index contributed by atoms with van der Waals surface area (Å²) in [7, 11) is -0.385. The summed E-state index contributed by atoms with van der Waals surface area (Å²) >= 11 is 0. The Balaban J connectivity index is 2.02. The molecule has 0 saturated carbocycles. The van der Waals surface area contributed by atoms with Crippen molar-refractivity contribution in [1.29, 1.82) is 0 Å². The molecular weight excluding hydrogens is 372 g/mol. The first-order chi connectivity index (χ1) is 14.0. The van der Waals surface area contributed by atoms with Gasteiger partial charge in [-0.2, -0.15) is 0 Å². The van der Waals surface area contributed by atoms with Gasteiger partial charge in [0.25, 0.3) is 0 Å². The van der Waals surface area contributed by atoms with Gasteiger partial charge in [0, 0.05) is 0 Å². The van der Waals surface area contributed by atoms with E-state index in [2.05, 4.69) is 98.0 Å². The topological polar surface area (TPSA) is 26.3 Å². The molecule has 3 heteroatoms. The molecule has 0 radical (unpaired) electrons. The van der Waals surface area contributed by atoms with E-state index in [0.717, 1.165) is 6.42 Å². The zero-order valence-corrected chi connectivity index (χ0v) is 18.5. The van der Waals surface area contributed by atoms with Crippen LogP contribution in [0.4, 0.5) is 0 Å². The molecule has 0 bridgehead atoms. The quantitative estimate of drug-likeness (QED) is 0.359. The highest BCUT2D eigenvalue weighted by Crippen LogP contribution is 2.38. The molecule has 3 aromatic carbocycles. The van der Waals surface area contributed by atoms with E-state index < -0.39 is 8.07 Å². The van der Waals surface area contributed by atoms with Crippen LogP contribution in [-0.4, -0.2) is 21.2 Å². The average Bonchev–Trinajstić information content (AvgIpc) is 2.78. The predicted octanol–water partition coefficient (Wildman–Crippen LogP) is 5.66. The Morgan fingerprint density at radius 1 is 0.793 bits per heavy atom. The maximum atomic E-state index is 12.2. The van der Waals surface area contributed by atoms with E-state index in [1.807, 2.05) is 6.07 Å². The van der Waals surface area contributed by atoms with Crippen LogP contribution >= 0.6 is 0 Å². The molecule has 29 heavy (non-hydrogen) atoms. The van der Waals surface area contributed by atoms with E-state index in [0.29, 0.717) is 12.0 Å². The van der Waals surface area contributed by atoms with Gasteiger partial charge in [-0.15, -0.1) is 0 Å². The molecule has 0 saturated heterocycles. The van der Waals surface area contributed by atoms with Gasteiger partial charge in [-0.25, -0.2) is 0 Å². The Morgan fingerprint density at radius 2 is 1.28 bits per heavy atom. The monoisotopic (exact) mass is 402 g/mol. The molecule has 0 aromatic heterocycles. The molecule has 3 aromatic rings. The largest absolute Gasteiger partial charge is 0.469 e. The van der Waals surface area contributed by atoms with Crippen molar-refractivity contribution in [3.63, 3.8) is 0 Å². The van der Waals surface area contributed by atoms with Crippen LogP contribution in [0, 0.1) is 0 Å². The molecule has 2 nitrogen and oxygen atoms in total. The minimum atomic E-state index is -1.86. The number of hydrogen-bond acceptors (Lipinski definition) is 2. The molecule has 0 amide bonds. The molecule has 0 aliphatic heterocycles. The molecule has 3 rings (SSSR count). The Bertz CT molecular complexity index is 892. The van der Waals surface area contributed by atoms with Crippen molar-refractivity contribution in [1.82, 2.24) is 0 Å². The maximum Gasteiger partial charge on any atom is 0.306 e. The molecule has 0 aliphatic carbocycles. The molecule has 0 N–H and O–H groups in total. The number of esters is 1. The Labute approximate surface area is 175 Å². The van der Waals surface area contributed by atoms with E-state index in [-0.39, 0.29) is 11.9 Å². The number of carbonyl (C=O) groups is 1. The van der Waals surface area contributed by atoms with Crippen molar-refractivity contribution in [2.45, 2.75) is 37.4 Å². The van der Waals surface area contributed by atoms with Crippen molar-refractivity contribution in [3.05, 3.63) is 102 Å². The van der Waals surface area contributed by atoms with E-state index >= 15 is 0 Å². The van der Waals surface area contributed by atoms with E-state index in [4.69, 9.17) is 4.74 Å². The summed E-state index contributed by atoms with van der Waals surface area (Å²) in [6.07, 6.45) is 1.33. The summed E-state index contributed by atoms with van der Waals surface area (Å²) < 4.78 is 5.03. The number of hydrogen-bond donors (Lipinski definition) is 0. The van der Waals surface area contributed by atoms with Crippen molar-refractivity contribution < 1.29 is 9.53 Å². The molecule has 2 atom stereocenters. The van der Waals surface area contributed by atoms with Crippen molar-refractivity contribution in [2.24, 2.45) is 0 Å². The van der Waals surface area contributed by atoms with Gasteiger partial charge in [0.1, 0.15) is 0 Å². The Kier molecular flexibility index (Phi) is 7.05. The maximum absolute atomic E-state index is 12.2. The molecule has 0 heterocycles. The lowest BCUT2D eigenvalue weighted by atomic mass is 9.89. The van der Waals surface area contributed by atoms with E-state index in [9.17, 15) is 4.79 Å². The van der Waals surface area contributed by atoms with Gasteiger partial charge in [-0.05, 0) is 29.0 Å². The molecule has 0 unspecified atom stereocenters. The fourth-order valence-corrected chi connectivity index (χ4v) is 7.59. The number of methoxy groups -OCH3 is 1. The summed E-state index contributed by atoms with van der Waals surface area (Å²) in [5.74, 6) is -0.0193. The van der Waals surface area contributed by atoms with Crippen LogP contribution in [0.25, 0.3) is 0 Å². The Morgan fingerprint density at radius 3 is 1.79 bits per heavy atom. The first kappa shape index (κ1) is 21.1. The lowest BCUT2D eigenvalue weighted by Gasteiger charge is -2.36. The van der Waals surface area contributed by atoms with Crippen LogP contribution < -0.4 is 5.19 Å². The summed E-state index contributed by atoms with van der Waals surface area (Å²) in [6, 6.07) is 32.1. The minimum absolute atomic E-state index is 0.129. The summed E-state index contributed by atoms with van der Waals surface area (Å²) in [5.41, 5.74) is 2.96.